The van der Waals surface area contributed by atoms with E-state index in [4.69, 9.17) is 21.3 Å². The molecule has 4 rings (SSSR count). The Hall–Kier alpha value is -3.81. The van der Waals surface area contributed by atoms with Crippen molar-refractivity contribution in [2.45, 2.75) is 24.9 Å². The summed E-state index contributed by atoms with van der Waals surface area (Å²) >= 11 is 4.72. The second-order valence-electron chi connectivity index (χ2n) is 8.81. The summed E-state index contributed by atoms with van der Waals surface area (Å²) in [6.07, 6.45) is -0.102. The minimum Gasteiger partial charge on any atom is -0.748 e. The van der Waals surface area contributed by atoms with Gasteiger partial charge in [0.2, 0.25) is 5.91 Å². The maximum atomic E-state index is 13.6. The smallest absolute Gasteiger partial charge is 0.407 e. The summed E-state index contributed by atoms with van der Waals surface area (Å²) in [7, 11) is 1.24. The molecule has 3 atom stereocenters. The number of anilines is 1. The highest BCUT2D eigenvalue weighted by atomic mass is 35.5. The number of amides is 2. The number of thiazole rings is 1. The van der Waals surface area contributed by atoms with E-state index < -0.39 is 35.4 Å². The van der Waals surface area contributed by atoms with E-state index in [0.717, 1.165) is 22.4 Å². The molecule has 0 bridgehead atoms. The average Bonchev–Trinajstić information content (AvgIpc) is 3.47. The molecule has 2 amide bonds. The van der Waals surface area contributed by atoms with Crippen molar-refractivity contribution in [3.05, 3.63) is 105 Å². The number of rotatable bonds is 12. The number of hydrogen-bond donors (Lipinski definition) is 3. The number of carbonyl (C=O) groups excluding carboxylic acids is 2. The third-order valence-corrected chi connectivity index (χ3v) is 7.40. The molecule has 0 saturated heterocycles. The molecule has 3 aromatic carbocycles. The molecule has 0 fully saturated rings. The van der Waals surface area contributed by atoms with Gasteiger partial charge in [0.25, 0.3) is 0 Å². The van der Waals surface area contributed by atoms with Crippen LogP contribution in [0.15, 0.2) is 84.2 Å². The minimum absolute atomic E-state index is 0.254. The Morgan fingerprint density at radius 1 is 0.976 bits per heavy atom. The van der Waals surface area contributed by atoms with Crippen LogP contribution in [0.1, 0.15) is 22.2 Å². The molecule has 0 aliphatic rings. The van der Waals surface area contributed by atoms with Crippen LogP contribution >= 0.6 is 22.9 Å². The van der Waals surface area contributed by atoms with Crippen LogP contribution in [0.5, 0.6) is 0 Å². The summed E-state index contributed by atoms with van der Waals surface area (Å²) in [4.78, 5) is 30.5. The number of benzene rings is 3. The van der Waals surface area contributed by atoms with Crippen LogP contribution in [0.3, 0.4) is 0 Å². The van der Waals surface area contributed by atoms with Crippen LogP contribution in [0.25, 0.3) is 11.3 Å². The van der Waals surface area contributed by atoms with Crippen LogP contribution < -0.4 is 16.1 Å². The first-order chi connectivity index (χ1) is 19.8. The molecule has 13 heteroatoms. The van der Waals surface area contributed by atoms with Gasteiger partial charge in [-0.1, -0.05) is 66.2 Å². The summed E-state index contributed by atoms with van der Waals surface area (Å²) in [5, 5.41) is 8.86. The number of halogens is 1. The normalized spacial score (nSPS) is 13.0. The molecule has 0 saturated carbocycles. The second kappa shape index (κ2) is 14.7. The molecular formula is C28H26ClN4O6S2-. The van der Waals surface area contributed by atoms with E-state index in [1.807, 2.05) is 47.8 Å². The maximum absolute atomic E-state index is 13.6. The van der Waals surface area contributed by atoms with Crippen LogP contribution in [0, 0.1) is 0 Å². The van der Waals surface area contributed by atoms with E-state index >= 15 is 0 Å². The fraction of sp³-hybridized carbons (Fsp3) is 0.179. The van der Waals surface area contributed by atoms with Gasteiger partial charge in [-0.3, -0.25) is 10.3 Å². The Morgan fingerprint density at radius 2 is 1.66 bits per heavy atom. The summed E-state index contributed by atoms with van der Waals surface area (Å²) in [5.74, 6) is -0.405. The zero-order valence-corrected chi connectivity index (χ0v) is 24.1. The third kappa shape index (κ3) is 9.10. The monoisotopic (exact) mass is 613 g/mol. The molecule has 0 radical (unpaired) electrons. The predicted molar refractivity (Wildman–Crippen MR) is 157 cm³/mol. The van der Waals surface area contributed by atoms with Gasteiger partial charge in [0.05, 0.1) is 24.5 Å². The van der Waals surface area contributed by atoms with Crippen molar-refractivity contribution in [3.8, 4) is 11.3 Å². The highest BCUT2D eigenvalue weighted by molar-refractivity contribution is 7.74. The van der Waals surface area contributed by atoms with Gasteiger partial charge in [0.1, 0.15) is 22.4 Å². The maximum Gasteiger partial charge on any atom is 0.407 e. The van der Waals surface area contributed by atoms with Crippen molar-refractivity contribution in [2.24, 2.45) is 0 Å². The lowest BCUT2D eigenvalue weighted by molar-refractivity contribution is -0.123. The van der Waals surface area contributed by atoms with Gasteiger partial charge in [0.15, 0.2) is 0 Å². The SMILES string of the molecule is COC(=O)N[C@@H](Cc1ccccc1)C(=O)N[C@@H](Cc1ccc(NOS(=O)[O-])cc1)c1nc(-c2ccc(Cl)cc2)cs1. The number of aromatic nitrogens is 1. The molecule has 1 unspecified atom stereocenters. The van der Waals surface area contributed by atoms with Crippen molar-refractivity contribution in [2.75, 3.05) is 12.6 Å². The van der Waals surface area contributed by atoms with Gasteiger partial charge >= 0.3 is 6.09 Å². The predicted octanol–water partition coefficient (Wildman–Crippen LogP) is 4.97. The number of methoxy groups -OCH3 is 1. The standard InChI is InChI=1S/C28H27ClN4O6S2/c1-38-28(35)32-23(15-18-5-3-2-4-6-18)26(34)30-24(16-19-7-13-22(14-8-19)33-39-41(36)37)27-31-25(17-40-27)20-9-11-21(29)12-10-20/h2-14,17,23-24,33H,15-16H2,1H3,(H,30,34)(H,32,35)(H,36,37)/p-1/t23-,24-/m0/s1. The van der Waals surface area contributed by atoms with Gasteiger partial charge in [-0.05, 0) is 41.8 Å². The number of nitrogens with zero attached hydrogens (tertiary/aromatic N) is 1. The summed E-state index contributed by atoms with van der Waals surface area (Å²) in [5.41, 5.74) is 6.07. The fourth-order valence-electron chi connectivity index (χ4n) is 3.96. The zero-order valence-electron chi connectivity index (χ0n) is 21.7. The Balaban J connectivity index is 1.59. The molecule has 0 spiro atoms. The Labute approximate surface area is 248 Å². The van der Waals surface area contributed by atoms with Gasteiger partial charge < -0.3 is 19.9 Å². The molecule has 0 aliphatic carbocycles. The van der Waals surface area contributed by atoms with Crippen LogP contribution in [0.2, 0.25) is 5.02 Å². The first-order valence-corrected chi connectivity index (χ1v) is 14.6. The van der Waals surface area contributed by atoms with E-state index in [2.05, 4.69) is 20.4 Å². The number of nitrogens with one attached hydrogen (secondary N) is 3. The van der Waals surface area contributed by atoms with Crippen molar-refractivity contribution >= 4 is 52.0 Å². The van der Waals surface area contributed by atoms with E-state index in [1.54, 1.807) is 36.4 Å². The molecule has 3 N–H and O–H groups in total. The molecule has 4 aromatic rings. The number of carbonyl (C=O) groups is 2. The lowest BCUT2D eigenvalue weighted by Gasteiger charge is -2.22. The highest BCUT2D eigenvalue weighted by Gasteiger charge is 2.26. The molecule has 1 heterocycles. The van der Waals surface area contributed by atoms with Gasteiger partial charge in [-0.2, -0.15) is 4.28 Å². The van der Waals surface area contributed by atoms with Crippen molar-refractivity contribution in [1.82, 2.24) is 15.6 Å². The number of ether oxygens (including phenoxy) is 1. The van der Waals surface area contributed by atoms with Gasteiger partial charge in [0, 0.05) is 22.4 Å². The summed E-state index contributed by atoms with van der Waals surface area (Å²) < 4.78 is 30.4. The highest BCUT2D eigenvalue weighted by Crippen LogP contribution is 2.29. The lowest BCUT2D eigenvalue weighted by atomic mass is 10.0. The topological polar surface area (TPSA) is 142 Å². The quantitative estimate of drug-likeness (QED) is 0.150. The number of alkyl carbamates (subject to hydrolysis) is 1. The average molecular weight is 614 g/mol. The van der Waals surface area contributed by atoms with E-state index in [-0.39, 0.29) is 6.42 Å². The minimum atomic E-state index is -2.71. The van der Waals surface area contributed by atoms with Gasteiger partial charge in [-0.25, -0.2) is 14.0 Å². The van der Waals surface area contributed by atoms with Crippen molar-refractivity contribution < 1.29 is 27.4 Å². The lowest BCUT2D eigenvalue weighted by Crippen LogP contribution is -2.49. The third-order valence-electron chi connectivity index (χ3n) is 5.97. The molecular weight excluding hydrogens is 588 g/mol. The molecule has 10 nitrogen and oxygen atoms in total. The van der Waals surface area contributed by atoms with Gasteiger partial charge in [-0.15, -0.1) is 11.3 Å². The molecule has 0 aliphatic heterocycles. The number of hydrogen-bond acceptors (Lipinski definition) is 9. The van der Waals surface area contributed by atoms with Crippen molar-refractivity contribution in [1.29, 1.82) is 0 Å². The summed E-state index contributed by atoms with van der Waals surface area (Å²) in [6, 6.07) is 22.0. The Kier molecular flexibility index (Phi) is 10.8. The van der Waals surface area contributed by atoms with E-state index in [1.165, 1.54) is 18.4 Å². The molecule has 41 heavy (non-hydrogen) atoms. The Bertz CT molecular complexity index is 1470. The first-order valence-electron chi connectivity index (χ1n) is 12.3. The molecule has 214 valence electrons. The van der Waals surface area contributed by atoms with Crippen LogP contribution in [0.4, 0.5) is 10.5 Å². The van der Waals surface area contributed by atoms with E-state index in [0.29, 0.717) is 22.1 Å². The Morgan fingerprint density at radius 3 is 2.32 bits per heavy atom. The summed E-state index contributed by atoms with van der Waals surface area (Å²) in [6.45, 7) is 0. The fourth-order valence-corrected chi connectivity index (χ4v) is 5.13. The van der Waals surface area contributed by atoms with Crippen LogP contribution in [-0.2, 0) is 38.0 Å². The molecule has 1 aromatic heterocycles. The first kappa shape index (κ1) is 30.2. The second-order valence-corrected chi connectivity index (χ2v) is 10.7. The zero-order chi connectivity index (χ0) is 29.2. The van der Waals surface area contributed by atoms with Crippen LogP contribution in [-0.4, -0.2) is 38.9 Å². The largest absolute Gasteiger partial charge is 0.748 e. The van der Waals surface area contributed by atoms with E-state index in [9.17, 15) is 18.4 Å². The van der Waals surface area contributed by atoms with Crippen molar-refractivity contribution in [3.63, 3.8) is 0 Å².